The van der Waals surface area contributed by atoms with Gasteiger partial charge in [-0.05, 0) is 29.8 Å². The van der Waals surface area contributed by atoms with Gasteiger partial charge in [0.15, 0.2) is 0 Å². The molecule has 0 spiro atoms. The first-order chi connectivity index (χ1) is 12.0. The Hall–Kier alpha value is -2.86. The molecule has 3 rings (SSSR count). The standard InChI is InChI=1S/C19H13BrO5/c20-16-4-2-1-3-12(16)5-8-18(22)24-11-13-9-19(23)25-17-10-14(21)6-7-15(13)17/h1-10,21H,11H2/b8-5+. The first-order valence-electron chi connectivity index (χ1n) is 7.38. The van der Waals surface area contributed by atoms with Gasteiger partial charge in [-0.3, -0.25) is 0 Å². The van der Waals surface area contributed by atoms with Gasteiger partial charge < -0.3 is 14.3 Å². The molecule has 0 radical (unpaired) electrons. The highest BCUT2D eigenvalue weighted by Gasteiger charge is 2.08. The molecule has 0 unspecified atom stereocenters. The van der Waals surface area contributed by atoms with E-state index in [9.17, 15) is 14.7 Å². The van der Waals surface area contributed by atoms with E-state index in [2.05, 4.69) is 15.9 Å². The number of halogens is 1. The maximum atomic E-state index is 11.9. The molecule has 1 aromatic heterocycles. The molecule has 2 aromatic carbocycles. The summed E-state index contributed by atoms with van der Waals surface area (Å²) < 4.78 is 11.1. The molecule has 126 valence electrons. The molecule has 0 amide bonds. The van der Waals surface area contributed by atoms with E-state index in [0.717, 1.165) is 10.0 Å². The summed E-state index contributed by atoms with van der Waals surface area (Å²) in [6.45, 7) is -0.0774. The summed E-state index contributed by atoms with van der Waals surface area (Å²) in [5.74, 6) is -0.544. The van der Waals surface area contributed by atoms with Crippen molar-refractivity contribution in [1.82, 2.24) is 0 Å². The molecule has 5 nitrogen and oxygen atoms in total. The predicted octanol–water partition coefficient (Wildman–Crippen LogP) is 4.02. The molecule has 6 heteroatoms. The zero-order chi connectivity index (χ0) is 17.8. The van der Waals surface area contributed by atoms with Crippen LogP contribution in [0.2, 0.25) is 0 Å². The zero-order valence-corrected chi connectivity index (χ0v) is 14.5. The molecular formula is C19H13BrO5. The number of carbonyl (C=O) groups is 1. The molecular weight excluding hydrogens is 388 g/mol. The second-order valence-electron chi connectivity index (χ2n) is 5.23. The van der Waals surface area contributed by atoms with Gasteiger partial charge in [0.1, 0.15) is 17.9 Å². The minimum absolute atomic E-state index is 0.0128. The van der Waals surface area contributed by atoms with Crippen LogP contribution in [0, 0.1) is 0 Å². The van der Waals surface area contributed by atoms with Crippen LogP contribution >= 0.6 is 15.9 Å². The molecule has 3 aromatic rings. The Kier molecular flexibility index (Phi) is 5.00. The first kappa shape index (κ1) is 17.0. The van der Waals surface area contributed by atoms with Gasteiger partial charge in [0, 0.05) is 33.6 Å². The van der Waals surface area contributed by atoms with Crippen molar-refractivity contribution >= 4 is 38.9 Å². The molecule has 1 N–H and O–H groups in total. The van der Waals surface area contributed by atoms with Gasteiger partial charge in [0.05, 0.1) is 0 Å². The van der Waals surface area contributed by atoms with Crippen molar-refractivity contribution in [3.8, 4) is 5.75 Å². The molecule has 25 heavy (non-hydrogen) atoms. The Morgan fingerprint density at radius 1 is 1.20 bits per heavy atom. The van der Waals surface area contributed by atoms with E-state index in [1.807, 2.05) is 24.3 Å². The second-order valence-corrected chi connectivity index (χ2v) is 6.09. The fourth-order valence-corrected chi connectivity index (χ4v) is 2.72. The highest BCUT2D eigenvalue weighted by atomic mass is 79.9. The number of hydrogen-bond donors (Lipinski definition) is 1. The molecule has 0 bridgehead atoms. The van der Waals surface area contributed by atoms with Crippen molar-refractivity contribution in [2.75, 3.05) is 0 Å². The van der Waals surface area contributed by atoms with Crippen LogP contribution in [0.5, 0.6) is 5.75 Å². The Morgan fingerprint density at radius 2 is 2.00 bits per heavy atom. The Morgan fingerprint density at radius 3 is 2.80 bits per heavy atom. The summed E-state index contributed by atoms with van der Waals surface area (Å²) >= 11 is 3.39. The van der Waals surface area contributed by atoms with Gasteiger partial charge in [-0.1, -0.05) is 34.1 Å². The smallest absolute Gasteiger partial charge is 0.336 e. The van der Waals surface area contributed by atoms with E-state index in [0.29, 0.717) is 10.9 Å². The van der Waals surface area contributed by atoms with Crippen LogP contribution in [-0.2, 0) is 16.1 Å². The maximum Gasteiger partial charge on any atom is 0.336 e. The number of ether oxygens (including phenoxy) is 1. The number of esters is 1. The van der Waals surface area contributed by atoms with Gasteiger partial charge in [-0.25, -0.2) is 9.59 Å². The number of benzene rings is 2. The van der Waals surface area contributed by atoms with Crippen LogP contribution in [0.4, 0.5) is 0 Å². The van der Waals surface area contributed by atoms with Crippen LogP contribution in [0.3, 0.4) is 0 Å². The molecule has 0 aliphatic rings. The van der Waals surface area contributed by atoms with Gasteiger partial charge in [-0.15, -0.1) is 0 Å². The van der Waals surface area contributed by atoms with Crippen molar-refractivity contribution in [2.24, 2.45) is 0 Å². The molecule has 0 atom stereocenters. The third-order valence-corrected chi connectivity index (χ3v) is 4.21. The van der Waals surface area contributed by atoms with E-state index < -0.39 is 11.6 Å². The molecule has 0 saturated carbocycles. The number of phenols is 1. The highest BCUT2D eigenvalue weighted by molar-refractivity contribution is 9.10. The van der Waals surface area contributed by atoms with E-state index in [1.165, 1.54) is 24.3 Å². The molecule has 0 aliphatic heterocycles. The third kappa shape index (κ3) is 4.16. The number of hydrogen-bond acceptors (Lipinski definition) is 5. The maximum absolute atomic E-state index is 11.9. The van der Waals surface area contributed by atoms with Crippen molar-refractivity contribution in [3.63, 3.8) is 0 Å². The summed E-state index contributed by atoms with van der Waals surface area (Å²) in [7, 11) is 0. The van der Waals surface area contributed by atoms with Crippen molar-refractivity contribution in [2.45, 2.75) is 6.61 Å². The van der Waals surface area contributed by atoms with E-state index in [4.69, 9.17) is 9.15 Å². The minimum atomic E-state index is -0.576. The van der Waals surface area contributed by atoms with E-state index in [1.54, 1.807) is 12.1 Å². The number of phenolic OH excluding ortho intramolecular Hbond substituents is 1. The predicted molar refractivity (Wildman–Crippen MR) is 97.1 cm³/mol. The van der Waals surface area contributed by atoms with Crippen LogP contribution in [0.15, 0.2) is 68.3 Å². The average molecular weight is 401 g/mol. The Balaban J connectivity index is 1.75. The van der Waals surface area contributed by atoms with Gasteiger partial charge in [0.2, 0.25) is 0 Å². The third-order valence-electron chi connectivity index (χ3n) is 3.49. The SMILES string of the molecule is O=C(/C=C/c1ccccc1Br)OCc1cc(=O)oc2cc(O)ccc12. The van der Waals surface area contributed by atoms with Crippen molar-refractivity contribution in [1.29, 1.82) is 0 Å². The molecule has 0 saturated heterocycles. The van der Waals surface area contributed by atoms with Crippen LogP contribution in [0.1, 0.15) is 11.1 Å². The number of aromatic hydroxyl groups is 1. The number of rotatable bonds is 4. The topological polar surface area (TPSA) is 76.7 Å². The van der Waals surface area contributed by atoms with Crippen molar-refractivity contribution < 1.29 is 19.1 Å². The first-order valence-corrected chi connectivity index (χ1v) is 8.17. The summed E-state index contributed by atoms with van der Waals surface area (Å²) in [6.07, 6.45) is 2.96. The Bertz CT molecular complexity index is 1020. The lowest BCUT2D eigenvalue weighted by molar-refractivity contribution is -0.138. The summed E-state index contributed by atoms with van der Waals surface area (Å²) in [4.78, 5) is 23.5. The molecule has 1 heterocycles. The van der Waals surface area contributed by atoms with E-state index >= 15 is 0 Å². The fraction of sp³-hybridized carbons (Fsp3) is 0.0526. The van der Waals surface area contributed by atoms with Crippen molar-refractivity contribution in [3.05, 3.63) is 80.6 Å². The molecule has 0 fully saturated rings. The average Bonchev–Trinajstić information content (AvgIpc) is 2.58. The van der Waals surface area contributed by atoms with Crippen LogP contribution in [0.25, 0.3) is 17.0 Å². The number of fused-ring (bicyclic) bond motifs is 1. The van der Waals surface area contributed by atoms with Crippen LogP contribution < -0.4 is 5.63 Å². The minimum Gasteiger partial charge on any atom is -0.508 e. The normalized spacial score (nSPS) is 11.1. The second kappa shape index (κ2) is 7.36. The van der Waals surface area contributed by atoms with Gasteiger partial charge >= 0.3 is 11.6 Å². The van der Waals surface area contributed by atoms with E-state index in [-0.39, 0.29) is 17.9 Å². The highest BCUT2D eigenvalue weighted by Crippen LogP contribution is 2.22. The summed E-state index contributed by atoms with van der Waals surface area (Å²) in [5, 5.41) is 10.1. The molecule has 0 aliphatic carbocycles. The summed E-state index contributed by atoms with van der Waals surface area (Å²) in [5.41, 5.74) is 1.02. The van der Waals surface area contributed by atoms with Gasteiger partial charge in [-0.2, -0.15) is 0 Å². The quantitative estimate of drug-likeness (QED) is 0.406. The lowest BCUT2D eigenvalue weighted by Gasteiger charge is -2.06. The Labute approximate surface area is 151 Å². The largest absolute Gasteiger partial charge is 0.508 e. The van der Waals surface area contributed by atoms with Gasteiger partial charge in [0.25, 0.3) is 0 Å². The number of carbonyl (C=O) groups excluding carboxylic acids is 1. The monoisotopic (exact) mass is 400 g/mol. The van der Waals surface area contributed by atoms with Crippen LogP contribution in [-0.4, -0.2) is 11.1 Å². The fourth-order valence-electron chi connectivity index (χ4n) is 2.30. The summed E-state index contributed by atoms with van der Waals surface area (Å²) in [6, 6.07) is 13.2. The lowest BCUT2D eigenvalue weighted by Crippen LogP contribution is -2.05. The lowest BCUT2D eigenvalue weighted by atomic mass is 10.1. The zero-order valence-electron chi connectivity index (χ0n) is 12.9.